The van der Waals surface area contributed by atoms with E-state index in [1.54, 1.807) is 35.6 Å². The van der Waals surface area contributed by atoms with Crippen molar-refractivity contribution in [2.75, 3.05) is 5.32 Å². The fourth-order valence-corrected chi connectivity index (χ4v) is 4.38. The van der Waals surface area contributed by atoms with Gasteiger partial charge in [-0.1, -0.05) is 41.6 Å². The van der Waals surface area contributed by atoms with Gasteiger partial charge in [0.25, 0.3) is 0 Å². The topological polar surface area (TPSA) is 59.1 Å². The molecule has 0 saturated heterocycles. The first-order valence-electron chi connectivity index (χ1n) is 8.53. The van der Waals surface area contributed by atoms with Crippen LogP contribution in [0.4, 0.5) is 5.69 Å². The predicted octanol–water partition coefficient (Wildman–Crippen LogP) is 5.44. The zero-order valence-corrected chi connectivity index (χ0v) is 17.0. The van der Waals surface area contributed by atoms with Crippen molar-refractivity contribution in [1.29, 1.82) is 0 Å². The molecule has 4 nitrogen and oxygen atoms in total. The van der Waals surface area contributed by atoms with Gasteiger partial charge in [0.2, 0.25) is 5.91 Å². The van der Waals surface area contributed by atoms with Crippen molar-refractivity contribution < 1.29 is 9.59 Å². The number of nitrogens with zero attached hydrogens (tertiary/aromatic N) is 1. The predicted molar refractivity (Wildman–Crippen MR) is 113 cm³/mol. The summed E-state index contributed by atoms with van der Waals surface area (Å²) in [4.78, 5) is 28.4. The molecule has 0 saturated carbocycles. The minimum Gasteiger partial charge on any atom is -0.325 e. The molecule has 6 heteroatoms. The minimum atomic E-state index is -0.283. The molecule has 1 heterocycles. The number of Topliss-reactive ketones (excluding diaryl/α,β-unsaturated/α-hetero) is 1. The SMILES string of the molecule is CC(=O)c1ccc(NC(=O)[C@H](C)Sc2nc(-c3ccc(C)cc3)cs2)cc1. The van der Waals surface area contributed by atoms with Crippen LogP contribution in [0.3, 0.4) is 0 Å². The number of thiazole rings is 1. The van der Waals surface area contributed by atoms with E-state index in [-0.39, 0.29) is 16.9 Å². The first kappa shape index (κ1) is 19.3. The Labute approximate surface area is 167 Å². The van der Waals surface area contributed by atoms with Crippen LogP contribution in [0.2, 0.25) is 0 Å². The smallest absolute Gasteiger partial charge is 0.237 e. The third-order valence-electron chi connectivity index (χ3n) is 4.04. The first-order valence-corrected chi connectivity index (χ1v) is 10.3. The van der Waals surface area contributed by atoms with E-state index in [4.69, 9.17) is 0 Å². The number of carbonyl (C=O) groups excluding carboxylic acids is 2. The molecule has 27 heavy (non-hydrogen) atoms. The van der Waals surface area contributed by atoms with E-state index in [2.05, 4.69) is 41.5 Å². The van der Waals surface area contributed by atoms with Gasteiger partial charge in [0.15, 0.2) is 10.1 Å². The quantitative estimate of drug-likeness (QED) is 0.445. The van der Waals surface area contributed by atoms with Crippen LogP contribution in [0.1, 0.15) is 29.8 Å². The number of benzene rings is 2. The zero-order valence-electron chi connectivity index (χ0n) is 15.4. The lowest BCUT2D eigenvalue weighted by Crippen LogP contribution is -2.22. The lowest BCUT2D eigenvalue weighted by molar-refractivity contribution is -0.115. The number of rotatable bonds is 6. The Morgan fingerprint density at radius 3 is 2.37 bits per heavy atom. The van der Waals surface area contributed by atoms with Gasteiger partial charge in [-0.25, -0.2) is 4.98 Å². The lowest BCUT2D eigenvalue weighted by Gasteiger charge is -2.10. The molecule has 0 aliphatic heterocycles. The van der Waals surface area contributed by atoms with E-state index in [1.807, 2.05) is 12.3 Å². The second kappa shape index (κ2) is 8.50. The molecule has 1 N–H and O–H groups in total. The van der Waals surface area contributed by atoms with Gasteiger partial charge >= 0.3 is 0 Å². The summed E-state index contributed by atoms with van der Waals surface area (Å²) in [5.74, 6) is -0.0902. The van der Waals surface area contributed by atoms with Crippen LogP contribution in [0.25, 0.3) is 11.3 Å². The number of anilines is 1. The number of thioether (sulfide) groups is 1. The van der Waals surface area contributed by atoms with Gasteiger partial charge < -0.3 is 5.32 Å². The molecule has 3 aromatic rings. The molecule has 0 bridgehead atoms. The number of nitrogens with one attached hydrogen (secondary N) is 1. The average Bonchev–Trinajstić information content (AvgIpc) is 3.11. The summed E-state index contributed by atoms with van der Waals surface area (Å²) in [7, 11) is 0. The van der Waals surface area contributed by atoms with Crippen LogP contribution in [-0.2, 0) is 4.79 Å². The highest BCUT2D eigenvalue weighted by Crippen LogP contribution is 2.31. The molecule has 0 spiro atoms. The molecule has 138 valence electrons. The van der Waals surface area contributed by atoms with Crippen molar-refractivity contribution in [2.24, 2.45) is 0 Å². The second-order valence-electron chi connectivity index (χ2n) is 6.25. The molecule has 0 radical (unpaired) electrons. The van der Waals surface area contributed by atoms with Crippen molar-refractivity contribution in [3.63, 3.8) is 0 Å². The van der Waals surface area contributed by atoms with Crippen molar-refractivity contribution >= 4 is 40.5 Å². The van der Waals surface area contributed by atoms with Crippen LogP contribution < -0.4 is 5.32 Å². The Bertz CT molecular complexity index is 947. The number of carbonyl (C=O) groups is 2. The normalized spacial score (nSPS) is 11.8. The summed E-state index contributed by atoms with van der Waals surface area (Å²) in [6, 6.07) is 15.1. The van der Waals surface area contributed by atoms with E-state index in [1.165, 1.54) is 24.2 Å². The highest BCUT2D eigenvalue weighted by molar-refractivity contribution is 8.02. The number of hydrogen-bond acceptors (Lipinski definition) is 5. The van der Waals surface area contributed by atoms with Crippen molar-refractivity contribution in [2.45, 2.75) is 30.4 Å². The Balaban J connectivity index is 1.61. The van der Waals surface area contributed by atoms with Crippen LogP contribution >= 0.6 is 23.1 Å². The highest BCUT2D eigenvalue weighted by atomic mass is 32.2. The lowest BCUT2D eigenvalue weighted by atomic mass is 10.1. The third-order valence-corrected chi connectivity index (χ3v) is 6.11. The fourth-order valence-electron chi connectivity index (χ4n) is 2.41. The Morgan fingerprint density at radius 2 is 1.74 bits per heavy atom. The van der Waals surface area contributed by atoms with E-state index < -0.39 is 0 Å². The maximum absolute atomic E-state index is 12.4. The fraction of sp³-hybridized carbons (Fsp3) is 0.190. The second-order valence-corrected chi connectivity index (χ2v) is 8.69. The van der Waals surface area contributed by atoms with Gasteiger partial charge in [-0.2, -0.15) is 0 Å². The first-order chi connectivity index (χ1) is 12.9. The van der Waals surface area contributed by atoms with E-state index in [9.17, 15) is 9.59 Å². The van der Waals surface area contributed by atoms with Gasteiger partial charge in [0, 0.05) is 22.2 Å². The van der Waals surface area contributed by atoms with Gasteiger partial charge in [-0.05, 0) is 45.0 Å². The average molecular weight is 397 g/mol. The molecule has 0 aliphatic rings. The van der Waals surface area contributed by atoms with Crippen LogP contribution in [-0.4, -0.2) is 21.9 Å². The molecule has 0 aliphatic carbocycles. The van der Waals surface area contributed by atoms with E-state index in [0.717, 1.165) is 15.6 Å². The molecular formula is C21H20N2O2S2. The van der Waals surface area contributed by atoms with E-state index >= 15 is 0 Å². The largest absolute Gasteiger partial charge is 0.325 e. The summed E-state index contributed by atoms with van der Waals surface area (Å²) < 4.78 is 0.861. The van der Waals surface area contributed by atoms with Crippen LogP contribution in [0, 0.1) is 6.92 Å². The Kier molecular flexibility index (Phi) is 6.08. The molecule has 1 atom stereocenters. The Morgan fingerprint density at radius 1 is 1.07 bits per heavy atom. The molecule has 1 amide bonds. The van der Waals surface area contributed by atoms with Gasteiger partial charge in [0.1, 0.15) is 0 Å². The van der Waals surface area contributed by atoms with Crippen molar-refractivity contribution in [3.8, 4) is 11.3 Å². The summed E-state index contributed by atoms with van der Waals surface area (Å²) in [5, 5.41) is 4.61. The molecule has 0 fully saturated rings. The van der Waals surface area contributed by atoms with Crippen LogP contribution in [0.5, 0.6) is 0 Å². The van der Waals surface area contributed by atoms with Gasteiger partial charge in [-0.15, -0.1) is 11.3 Å². The van der Waals surface area contributed by atoms with E-state index in [0.29, 0.717) is 11.3 Å². The van der Waals surface area contributed by atoms with Crippen molar-refractivity contribution in [1.82, 2.24) is 4.98 Å². The number of aromatic nitrogens is 1. The molecule has 1 aromatic heterocycles. The maximum Gasteiger partial charge on any atom is 0.237 e. The van der Waals surface area contributed by atoms with Crippen LogP contribution in [0.15, 0.2) is 58.3 Å². The van der Waals surface area contributed by atoms with Gasteiger partial charge in [0.05, 0.1) is 10.9 Å². The third kappa shape index (κ3) is 5.05. The van der Waals surface area contributed by atoms with Gasteiger partial charge in [-0.3, -0.25) is 9.59 Å². The molecule has 3 rings (SSSR count). The summed E-state index contributed by atoms with van der Waals surface area (Å²) >= 11 is 2.98. The zero-order chi connectivity index (χ0) is 19.4. The summed E-state index contributed by atoms with van der Waals surface area (Å²) in [6.07, 6.45) is 0. The highest BCUT2D eigenvalue weighted by Gasteiger charge is 2.17. The number of aryl methyl sites for hydroxylation is 1. The number of ketones is 1. The number of hydrogen-bond donors (Lipinski definition) is 1. The molecule has 0 unspecified atom stereocenters. The minimum absolute atomic E-state index is 0.00458. The molecule has 2 aromatic carbocycles. The van der Waals surface area contributed by atoms with Crippen molar-refractivity contribution in [3.05, 3.63) is 65.0 Å². The Hall–Kier alpha value is -2.44. The summed E-state index contributed by atoms with van der Waals surface area (Å²) in [5.41, 5.74) is 4.52. The molecular weight excluding hydrogens is 376 g/mol. The number of amides is 1. The maximum atomic E-state index is 12.4. The monoisotopic (exact) mass is 396 g/mol. The standard InChI is InChI=1S/C21H20N2O2S2/c1-13-4-6-17(7-5-13)19-12-26-21(23-19)27-15(3)20(25)22-18-10-8-16(9-11-18)14(2)24/h4-12,15H,1-3H3,(H,22,25)/t15-/m0/s1. The summed E-state index contributed by atoms with van der Waals surface area (Å²) in [6.45, 7) is 5.43.